The Morgan fingerprint density at radius 1 is 1.22 bits per heavy atom. The fourth-order valence-electron chi connectivity index (χ4n) is 2.57. The van der Waals surface area contributed by atoms with Crippen molar-refractivity contribution in [1.29, 1.82) is 0 Å². The van der Waals surface area contributed by atoms with Crippen LogP contribution in [0.2, 0.25) is 0 Å². The standard InChI is InChI=1S/C20H19BrN4OS/c1-3-12-25-19(17-7-5-4-6-14(17)2)23-24-20(25)27-13-18(26)22-16-10-8-15(21)9-11-16/h3-11H,1,12-13H2,2H3,(H,22,26). The lowest BCUT2D eigenvalue weighted by Gasteiger charge is -2.09. The van der Waals surface area contributed by atoms with Crippen molar-refractivity contribution >= 4 is 39.3 Å². The third-order valence-electron chi connectivity index (χ3n) is 3.87. The first kappa shape index (κ1) is 19.4. The van der Waals surface area contributed by atoms with Crippen molar-refractivity contribution in [3.8, 4) is 11.4 Å². The number of hydrogen-bond acceptors (Lipinski definition) is 4. The minimum Gasteiger partial charge on any atom is -0.325 e. The molecule has 5 nitrogen and oxygen atoms in total. The van der Waals surface area contributed by atoms with E-state index in [-0.39, 0.29) is 11.7 Å². The van der Waals surface area contributed by atoms with Crippen molar-refractivity contribution < 1.29 is 4.79 Å². The lowest BCUT2D eigenvalue weighted by atomic mass is 10.1. The number of anilines is 1. The van der Waals surface area contributed by atoms with Gasteiger partial charge in [-0.1, -0.05) is 58.0 Å². The zero-order valence-corrected chi connectivity index (χ0v) is 17.3. The summed E-state index contributed by atoms with van der Waals surface area (Å²) in [5, 5.41) is 12.2. The van der Waals surface area contributed by atoms with Gasteiger partial charge < -0.3 is 5.32 Å². The molecule has 0 radical (unpaired) electrons. The summed E-state index contributed by atoms with van der Waals surface area (Å²) in [6.07, 6.45) is 1.80. The Bertz CT molecular complexity index is 953. The van der Waals surface area contributed by atoms with Crippen LogP contribution in [0, 0.1) is 6.92 Å². The van der Waals surface area contributed by atoms with Gasteiger partial charge in [-0.25, -0.2) is 0 Å². The number of aryl methyl sites for hydroxylation is 1. The monoisotopic (exact) mass is 442 g/mol. The van der Waals surface area contributed by atoms with Gasteiger partial charge in [-0.05, 0) is 36.8 Å². The van der Waals surface area contributed by atoms with Crippen LogP contribution in [0.1, 0.15) is 5.56 Å². The SMILES string of the molecule is C=CCn1c(SCC(=O)Nc2ccc(Br)cc2)nnc1-c1ccccc1C. The van der Waals surface area contributed by atoms with Crippen molar-refractivity contribution in [2.24, 2.45) is 0 Å². The quantitative estimate of drug-likeness (QED) is 0.416. The van der Waals surface area contributed by atoms with E-state index < -0.39 is 0 Å². The van der Waals surface area contributed by atoms with Gasteiger partial charge in [0.05, 0.1) is 5.75 Å². The third-order valence-corrected chi connectivity index (χ3v) is 5.37. The number of benzene rings is 2. The molecule has 0 saturated carbocycles. The summed E-state index contributed by atoms with van der Waals surface area (Å²) < 4.78 is 2.95. The summed E-state index contributed by atoms with van der Waals surface area (Å²) in [5.74, 6) is 0.941. The Morgan fingerprint density at radius 3 is 2.67 bits per heavy atom. The first-order valence-corrected chi connectivity index (χ1v) is 10.1. The predicted molar refractivity (Wildman–Crippen MR) is 114 cm³/mol. The number of allylic oxidation sites excluding steroid dienone is 1. The minimum absolute atomic E-state index is 0.0899. The molecule has 0 aliphatic rings. The number of rotatable bonds is 7. The summed E-state index contributed by atoms with van der Waals surface area (Å²) in [5.41, 5.74) is 2.91. The number of amides is 1. The molecular weight excluding hydrogens is 424 g/mol. The Balaban J connectivity index is 1.73. The molecule has 1 heterocycles. The fourth-order valence-corrected chi connectivity index (χ4v) is 3.58. The lowest BCUT2D eigenvalue weighted by molar-refractivity contribution is -0.113. The van der Waals surface area contributed by atoms with E-state index >= 15 is 0 Å². The predicted octanol–water partition coefficient (Wildman–Crippen LogP) is 4.93. The second kappa shape index (κ2) is 9.01. The molecule has 3 aromatic rings. The molecule has 3 rings (SSSR count). The number of carbonyl (C=O) groups is 1. The first-order valence-electron chi connectivity index (χ1n) is 8.37. The molecule has 0 atom stereocenters. The molecule has 138 valence electrons. The zero-order chi connectivity index (χ0) is 19.2. The third kappa shape index (κ3) is 4.87. The van der Waals surface area contributed by atoms with E-state index in [1.165, 1.54) is 11.8 Å². The number of nitrogens with zero attached hydrogens (tertiary/aromatic N) is 3. The van der Waals surface area contributed by atoms with Crippen molar-refractivity contribution in [3.05, 3.63) is 71.2 Å². The van der Waals surface area contributed by atoms with Crippen LogP contribution in [0.25, 0.3) is 11.4 Å². The molecule has 0 fully saturated rings. The van der Waals surface area contributed by atoms with Gasteiger partial charge in [0.15, 0.2) is 11.0 Å². The topological polar surface area (TPSA) is 59.8 Å². The van der Waals surface area contributed by atoms with Gasteiger partial charge in [-0.3, -0.25) is 9.36 Å². The van der Waals surface area contributed by atoms with Gasteiger partial charge in [0.25, 0.3) is 0 Å². The Hall–Kier alpha value is -2.38. The molecule has 1 aromatic heterocycles. The van der Waals surface area contributed by atoms with E-state index in [2.05, 4.69) is 38.0 Å². The van der Waals surface area contributed by atoms with Crippen LogP contribution in [0.4, 0.5) is 5.69 Å². The average molecular weight is 443 g/mol. The second-order valence-corrected chi connectivity index (χ2v) is 7.72. The maximum absolute atomic E-state index is 12.2. The minimum atomic E-state index is -0.0899. The van der Waals surface area contributed by atoms with Crippen molar-refractivity contribution in [2.75, 3.05) is 11.1 Å². The van der Waals surface area contributed by atoms with E-state index in [4.69, 9.17) is 0 Å². The highest BCUT2D eigenvalue weighted by Gasteiger charge is 2.16. The van der Waals surface area contributed by atoms with Crippen molar-refractivity contribution in [1.82, 2.24) is 14.8 Å². The van der Waals surface area contributed by atoms with Gasteiger partial charge >= 0.3 is 0 Å². The van der Waals surface area contributed by atoms with Crippen LogP contribution in [0.3, 0.4) is 0 Å². The Kier molecular flexibility index (Phi) is 6.47. The van der Waals surface area contributed by atoms with Crippen molar-refractivity contribution in [3.63, 3.8) is 0 Å². The molecule has 1 amide bonds. The zero-order valence-electron chi connectivity index (χ0n) is 14.9. The molecule has 0 aliphatic carbocycles. The number of aromatic nitrogens is 3. The number of nitrogens with one attached hydrogen (secondary N) is 1. The number of halogens is 1. The smallest absolute Gasteiger partial charge is 0.234 e. The maximum Gasteiger partial charge on any atom is 0.234 e. The number of hydrogen-bond donors (Lipinski definition) is 1. The molecule has 7 heteroatoms. The Morgan fingerprint density at radius 2 is 1.96 bits per heavy atom. The van der Waals surface area contributed by atoms with E-state index in [1.807, 2.05) is 60.0 Å². The summed E-state index contributed by atoms with van der Waals surface area (Å²) in [6, 6.07) is 15.5. The van der Waals surface area contributed by atoms with E-state index in [9.17, 15) is 4.79 Å². The highest BCUT2D eigenvalue weighted by atomic mass is 79.9. The van der Waals surface area contributed by atoms with E-state index in [0.717, 1.165) is 27.1 Å². The summed E-state index contributed by atoms with van der Waals surface area (Å²) in [7, 11) is 0. The normalized spacial score (nSPS) is 10.6. The summed E-state index contributed by atoms with van der Waals surface area (Å²) in [6.45, 7) is 6.44. The average Bonchev–Trinajstić information content (AvgIpc) is 3.05. The summed E-state index contributed by atoms with van der Waals surface area (Å²) >= 11 is 4.74. The van der Waals surface area contributed by atoms with Crippen LogP contribution in [0.15, 0.2) is 70.8 Å². The highest BCUT2D eigenvalue weighted by Crippen LogP contribution is 2.26. The molecule has 27 heavy (non-hydrogen) atoms. The molecule has 2 aromatic carbocycles. The van der Waals surface area contributed by atoms with Gasteiger partial charge in [-0.2, -0.15) is 0 Å². The van der Waals surface area contributed by atoms with Crippen LogP contribution < -0.4 is 5.32 Å². The second-order valence-electron chi connectivity index (χ2n) is 5.86. The largest absolute Gasteiger partial charge is 0.325 e. The van der Waals surface area contributed by atoms with Crippen molar-refractivity contribution in [2.45, 2.75) is 18.6 Å². The summed E-state index contributed by atoms with van der Waals surface area (Å²) in [4.78, 5) is 12.2. The van der Waals surface area contributed by atoms with Gasteiger partial charge in [0.1, 0.15) is 0 Å². The van der Waals surface area contributed by atoms with Crippen LogP contribution in [0.5, 0.6) is 0 Å². The number of thioether (sulfide) groups is 1. The fraction of sp³-hybridized carbons (Fsp3) is 0.150. The molecule has 0 bridgehead atoms. The highest BCUT2D eigenvalue weighted by molar-refractivity contribution is 9.10. The molecule has 1 N–H and O–H groups in total. The lowest BCUT2D eigenvalue weighted by Crippen LogP contribution is -2.14. The molecule has 0 saturated heterocycles. The Labute approximate surface area is 171 Å². The van der Waals surface area contributed by atoms with Gasteiger partial charge in [0, 0.05) is 22.3 Å². The molecular formula is C20H19BrN4OS. The maximum atomic E-state index is 12.2. The molecule has 0 spiro atoms. The van der Waals surface area contributed by atoms with Crippen LogP contribution >= 0.6 is 27.7 Å². The molecule has 0 aliphatic heterocycles. The molecule has 0 unspecified atom stereocenters. The van der Waals surface area contributed by atoms with Crippen LogP contribution in [-0.2, 0) is 11.3 Å². The van der Waals surface area contributed by atoms with E-state index in [1.54, 1.807) is 6.08 Å². The van der Waals surface area contributed by atoms with E-state index in [0.29, 0.717) is 11.7 Å². The first-order chi connectivity index (χ1) is 13.1. The van der Waals surface area contributed by atoms with Gasteiger partial charge in [-0.15, -0.1) is 16.8 Å². The van der Waals surface area contributed by atoms with Gasteiger partial charge in [0.2, 0.25) is 5.91 Å². The number of carbonyl (C=O) groups excluding carboxylic acids is 1. The van der Waals surface area contributed by atoms with Crippen LogP contribution in [-0.4, -0.2) is 26.4 Å².